The Morgan fingerprint density at radius 3 is 2.93 bits per heavy atom. The zero-order valence-electron chi connectivity index (χ0n) is 8.68. The lowest BCUT2D eigenvalue weighted by Gasteiger charge is -2.33. The summed E-state index contributed by atoms with van der Waals surface area (Å²) < 4.78 is 6.17. The second-order valence-corrected chi connectivity index (χ2v) is 4.70. The maximum atomic E-state index is 11.8. The molecule has 5 unspecified atom stereocenters. The van der Waals surface area contributed by atoms with Gasteiger partial charge in [-0.3, -0.25) is 4.79 Å². The highest BCUT2D eigenvalue weighted by Gasteiger charge is 2.69. The highest BCUT2D eigenvalue weighted by molar-refractivity contribution is 6.20. The van der Waals surface area contributed by atoms with E-state index >= 15 is 0 Å². The predicted octanol–water partition coefficient (Wildman–Crippen LogP) is -1.33. The Morgan fingerprint density at radius 1 is 1.53 bits per heavy atom. The Morgan fingerprint density at radius 2 is 2.33 bits per heavy atom. The van der Waals surface area contributed by atoms with E-state index < -0.39 is 0 Å². The van der Waals surface area contributed by atoms with E-state index in [2.05, 4.69) is 5.32 Å². The van der Waals surface area contributed by atoms with E-state index in [1.165, 1.54) is 0 Å². The van der Waals surface area contributed by atoms with Crippen LogP contribution in [0.15, 0.2) is 0 Å². The second kappa shape index (κ2) is 2.87. The fourth-order valence-electron chi connectivity index (χ4n) is 3.71. The molecule has 3 rings (SSSR count). The fourth-order valence-corrected chi connectivity index (χ4v) is 3.71. The number of rotatable bonds is 2. The minimum absolute atomic E-state index is 0.108. The van der Waals surface area contributed by atoms with Crippen molar-refractivity contribution in [3.05, 3.63) is 0 Å². The van der Waals surface area contributed by atoms with Gasteiger partial charge in [-0.15, -0.1) is 0 Å². The molecule has 82 valence electrons. The van der Waals surface area contributed by atoms with Crippen LogP contribution in [0.3, 0.4) is 0 Å². The molecule has 3 heterocycles. The molecule has 0 aromatic carbocycles. The Labute approximate surface area is 88.0 Å². The average Bonchev–Trinajstić information content (AvgIpc) is 2.81. The van der Waals surface area contributed by atoms with Crippen LogP contribution >= 0.6 is 0 Å². The summed E-state index contributed by atoms with van der Waals surface area (Å²) in [5.41, 5.74) is 0. The molecule has 1 amide bonds. The fraction of sp³-hybridized carbons (Fsp3) is 0.800. The molecular formula is C10H15N2O3+. The Bertz CT molecular complexity index is 333. The van der Waals surface area contributed by atoms with Crippen molar-refractivity contribution in [3.8, 4) is 0 Å². The van der Waals surface area contributed by atoms with Gasteiger partial charge in [-0.2, -0.15) is 0 Å². The lowest BCUT2D eigenvalue weighted by Crippen LogP contribution is -2.59. The van der Waals surface area contributed by atoms with E-state index in [9.17, 15) is 9.59 Å². The van der Waals surface area contributed by atoms with Gasteiger partial charge in [-0.25, -0.2) is 9.28 Å². The van der Waals surface area contributed by atoms with Crippen molar-refractivity contribution in [1.82, 2.24) is 5.32 Å². The van der Waals surface area contributed by atoms with E-state index in [0.717, 1.165) is 13.0 Å². The lowest BCUT2D eigenvalue weighted by atomic mass is 10.1. The van der Waals surface area contributed by atoms with Gasteiger partial charge in [0.1, 0.15) is 24.8 Å². The number of aldehydes is 1. The monoisotopic (exact) mass is 211 g/mol. The lowest BCUT2D eigenvalue weighted by molar-refractivity contribution is -0.858. The van der Waals surface area contributed by atoms with Crippen molar-refractivity contribution >= 4 is 12.2 Å². The number of ether oxygens (including phenoxy) is 1. The molecule has 5 atom stereocenters. The molecule has 0 aromatic heterocycles. The molecule has 0 saturated carbocycles. The van der Waals surface area contributed by atoms with Crippen LogP contribution in [-0.2, 0) is 14.3 Å². The van der Waals surface area contributed by atoms with E-state index in [-0.39, 0.29) is 30.2 Å². The van der Waals surface area contributed by atoms with E-state index in [4.69, 9.17) is 4.74 Å². The number of amides is 1. The molecule has 15 heavy (non-hydrogen) atoms. The number of carbonyl (C=O) groups excluding carboxylic acids is 2. The Hall–Kier alpha value is -0.780. The number of fused-ring (bicyclic) bond motifs is 1. The van der Waals surface area contributed by atoms with Gasteiger partial charge in [0.2, 0.25) is 6.29 Å². The van der Waals surface area contributed by atoms with E-state index in [0.29, 0.717) is 17.3 Å². The molecule has 3 saturated heterocycles. The molecule has 2 bridgehead atoms. The third-order valence-electron chi connectivity index (χ3n) is 4.26. The van der Waals surface area contributed by atoms with Crippen LogP contribution < -0.4 is 5.32 Å². The van der Waals surface area contributed by atoms with Gasteiger partial charge in [0.25, 0.3) is 0 Å². The van der Waals surface area contributed by atoms with Gasteiger partial charge >= 0.3 is 5.91 Å². The van der Waals surface area contributed by atoms with Gasteiger partial charge in [0.15, 0.2) is 0 Å². The quantitative estimate of drug-likeness (QED) is 0.349. The largest absolute Gasteiger partial charge is 0.378 e. The van der Waals surface area contributed by atoms with Gasteiger partial charge in [0, 0.05) is 6.42 Å². The number of quaternary nitrogens is 1. The number of hydrogen-bond acceptors (Lipinski definition) is 4. The van der Waals surface area contributed by atoms with E-state index in [1.807, 2.05) is 7.05 Å². The maximum Gasteiger partial charge on any atom is 0.378 e. The number of nitrogens with one attached hydrogen (secondary N) is 1. The van der Waals surface area contributed by atoms with Crippen LogP contribution in [0.5, 0.6) is 0 Å². The van der Waals surface area contributed by atoms with Crippen LogP contribution in [0, 0.1) is 0 Å². The van der Waals surface area contributed by atoms with Gasteiger partial charge < -0.3 is 10.1 Å². The maximum absolute atomic E-state index is 11.8. The molecule has 3 fully saturated rings. The Balaban J connectivity index is 2.00. The standard InChI is InChI=1S/C10H15N2O3/c1-11-9-7-4-12(8(14)5-13)3-2-6(15-7)10(9)12/h5-7,9-11H,2-4H2,1H3/q+1. The molecular weight excluding hydrogens is 196 g/mol. The molecule has 5 nitrogen and oxygen atoms in total. The highest BCUT2D eigenvalue weighted by atomic mass is 16.5. The zero-order valence-corrected chi connectivity index (χ0v) is 8.68. The topological polar surface area (TPSA) is 55.4 Å². The second-order valence-electron chi connectivity index (χ2n) is 4.70. The summed E-state index contributed by atoms with van der Waals surface area (Å²) in [5, 5.41) is 3.22. The zero-order chi connectivity index (χ0) is 10.6. The van der Waals surface area contributed by atoms with Crippen molar-refractivity contribution in [3.63, 3.8) is 0 Å². The van der Waals surface area contributed by atoms with E-state index in [1.54, 1.807) is 0 Å². The summed E-state index contributed by atoms with van der Waals surface area (Å²) in [6, 6.07) is 0.402. The molecule has 0 spiro atoms. The minimum Gasteiger partial charge on any atom is -0.361 e. The van der Waals surface area contributed by atoms with Crippen LogP contribution in [-0.4, -0.2) is 61.1 Å². The summed E-state index contributed by atoms with van der Waals surface area (Å²) in [4.78, 5) is 22.5. The summed E-state index contributed by atoms with van der Waals surface area (Å²) in [7, 11) is 1.90. The van der Waals surface area contributed by atoms with Gasteiger partial charge in [-0.05, 0) is 7.05 Å². The molecule has 3 aliphatic rings. The summed E-state index contributed by atoms with van der Waals surface area (Å²) in [5.74, 6) is -0.270. The molecule has 1 N–H and O–H groups in total. The number of carbonyl (C=O) groups is 2. The van der Waals surface area contributed by atoms with Crippen LogP contribution in [0.2, 0.25) is 0 Å². The Kier molecular flexibility index (Phi) is 1.81. The van der Waals surface area contributed by atoms with Crippen molar-refractivity contribution in [2.24, 2.45) is 0 Å². The number of morpholine rings is 1. The third-order valence-corrected chi connectivity index (χ3v) is 4.26. The first-order valence-electron chi connectivity index (χ1n) is 5.42. The minimum atomic E-state index is -0.270. The van der Waals surface area contributed by atoms with Crippen molar-refractivity contribution < 1.29 is 18.8 Å². The van der Waals surface area contributed by atoms with Crippen LogP contribution in [0.25, 0.3) is 0 Å². The van der Waals surface area contributed by atoms with Crippen LogP contribution in [0.1, 0.15) is 6.42 Å². The number of likely N-dealkylation sites (N-methyl/N-ethyl adjacent to an activating group) is 1. The summed E-state index contributed by atoms with van der Waals surface area (Å²) >= 11 is 0. The molecule has 0 aromatic rings. The van der Waals surface area contributed by atoms with Gasteiger partial charge in [-0.1, -0.05) is 0 Å². The first-order valence-corrected chi connectivity index (χ1v) is 5.42. The molecule has 0 radical (unpaired) electrons. The molecule has 3 aliphatic heterocycles. The highest BCUT2D eigenvalue weighted by Crippen LogP contribution is 2.45. The van der Waals surface area contributed by atoms with Gasteiger partial charge in [0.05, 0.1) is 12.6 Å². The van der Waals surface area contributed by atoms with Crippen molar-refractivity contribution in [1.29, 1.82) is 0 Å². The summed E-state index contributed by atoms with van der Waals surface area (Å²) in [6.45, 7) is 1.44. The average molecular weight is 211 g/mol. The first-order chi connectivity index (χ1) is 7.23. The van der Waals surface area contributed by atoms with Crippen LogP contribution in [0.4, 0.5) is 0 Å². The third kappa shape index (κ3) is 0.934. The summed E-state index contributed by atoms with van der Waals surface area (Å²) in [6.07, 6.45) is 1.66. The molecule has 0 aliphatic carbocycles. The molecule has 5 heteroatoms. The number of hydrogen-bond donors (Lipinski definition) is 1. The normalized spacial score (nSPS) is 51.0. The smallest absolute Gasteiger partial charge is 0.361 e. The predicted molar refractivity (Wildman–Crippen MR) is 51.0 cm³/mol. The van der Waals surface area contributed by atoms with Crippen molar-refractivity contribution in [2.45, 2.75) is 30.7 Å². The SMILES string of the molecule is CNC1C2C[N+]3(C(=O)C=O)CCC(O2)C13. The first kappa shape index (κ1) is 9.45. The van der Waals surface area contributed by atoms with Crippen molar-refractivity contribution in [2.75, 3.05) is 20.1 Å². The number of nitrogens with zero attached hydrogens (tertiary/aromatic N) is 1.